The number of rotatable bonds is 6. The Bertz CT molecular complexity index is 1200. The van der Waals surface area contributed by atoms with Gasteiger partial charge in [0.1, 0.15) is 0 Å². The lowest BCUT2D eigenvalue weighted by molar-refractivity contribution is -0.116. The number of aryl methyl sites for hydroxylation is 1. The van der Waals surface area contributed by atoms with E-state index in [4.69, 9.17) is 4.74 Å². The molecule has 9 nitrogen and oxygen atoms in total. The number of amides is 1. The molecule has 0 bridgehead atoms. The van der Waals surface area contributed by atoms with Crippen LogP contribution in [0.2, 0.25) is 0 Å². The molecule has 0 spiro atoms. The minimum absolute atomic E-state index is 0.0650. The summed E-state index contributed by atoms with van der Waals surface area (Å²) in [6.45, 7) is 3.42. The summed E-state index contributed by atoms with van der Waals surface area (Å²) >= 11 is 0. The molecule has 0 atom stereocenters. The number of hydrogen-bond donors (Lipinski definition) is 1. The smallest absolute Gasteiger partial charge is 0.338 e. The predicted molar refractivity (Wildman–Crippen MR) is 110 cm³/mol. The summed E-state index contributed by atoms with van der Waals surface area (Å²) in [5.74, 6) is -1.33. The van der Waals surface area contributed by atoms with Crippen LogP contribution in [0.3, 0.4) is 0 Å². The van der Waals surface area contributed by atoms with E-state index < -0.39 is 31.9 Å². The van der Waals surface area contributed by atoms with E-state index in [1.807, 2.05) is 0 Å². The maximum absolute atomic E-state index is 12.8. The molecule has 0 saturated carbocycles. The monoisotopic (exact) mass is 452 g/mol. The Morgan fingerprint density at radius 3 is 2.37 bits per heavy atom. The lowest BCUT2D eigenvalue weighted by atomic mass is 10.2. The summed E-state index contributed by atoms with van der Waals surface area (Å²) in [4.78, 5) is 23.5. The second-order valence-electron chi connectivity index (χ2n) is 6.58. The van der Waals surface area contributed by atoms with Crippen LogP contribution in [0.1, 0.15) is 29.3 Å². The summed E-state index contributed by atoms with van der Waals surface area (Å²) in [7, 11) is -7.73. The Hall–Kier alpha value is -2.92. The maximum Gasteiger partial charge on any atom is 0.338 e. The van der Waals surface area contributed by atoms with Gasteiger partial charge >= 0.3 is 5.97 Å². The van der Waals surface area contributed by atoms with Crippen LogP contribution in [0.25, 0.3) is 0 Å². The molecule has 0 aliphatic carbocycles. The molecule has 1 N–H and O–H groups in total. The number of anilines is 2. The van der Waals surface area contributed by atoms with Gasteiger partial charge in [-0.1, -0.05) is 0 Å². The van der Waals surface area contributed by atoms with Gasteiger partial charge in [0.15, 0.2) is 0 Å². The van der Waals surface area contributed by atoms with Crippen molar-refractivity contribution >= 4 is 43.3 Å². The Kier molecular flexibility index (Phi) is 5.86. The zero-order valence-electron chi connectivity index (χ0n) is 16.3. The van der Waals surface area contributed by atoms with Gasteiger partial charge in [0.25, 0.3) is 10.0 Å². The van der Waals surface area contributed by atoms with Crippen LogP contribution in [0.15, 0.2) is 47.4 Å². The molecule has 3 rings (SSSR count). The third-order valence-electron chi connectivity index (χ3n) is 4.41. The van der Waals surface area contributed by atoms with Crippen LogP contribution in [-0.2, 0) is 29.6 Å². The highest BCUT2D eigenvalue weighted by molar-refractivity contribution is 7.94. The first-order valence-electron chi connectivity index (χ1n) is 9.01. The number of ether oxygens (including phenoxy) is 1. The SMILES string of the molecule is CCOC(=O)c1ccc(NS(=O)(=O)c2ccc(N3C(=O)CCS3(=O)=O)cc2C)cc1. The summed E-state index contributed by atoms with van der Waals surface area (Å²) in [6, 6.07) is 9.63. The van der Waals surface area contributed by atoms with E-state index in [9.17, 15) is 26.4 Å². The van der Waals surface area contributed by atoms with Gasteiger partial charge in [-0.3, -0.25) is 9.52 Å². The molecule has 2 aromatic rings. The molecular weight excluding hydrogens is 432 g/mol. The molecule has 1 fully saturated rings. The highest BCUT2D eigenvalue weighted by Gasteiger charge is 2.36. The van der Waals surface area contributed by atoms with Crippen molar-refractivity contribution in [3.8, 4) is 0 Å². The average molecular weight is 453 g/mol. The largest absolute Gasteiger partial charge is 0.462 e. The van der Waals surface area contributed by atoms with Gasteiger partial charge in [0, 0.05) is 12.1 Å². The van der Waals surface area contributed by atoms with Crippen molar-refractivity contribution in [3.63, 3.8) is 0 Å². The van der Waals surface area contributed by atoms with E-state index in [0.717, 1.165) is 0 Å². The van der Waals surface area contributed by atoms with E-state index in [2.05, 4.69) is 4.72 Å². The second kappa shape index (κ2) is 8.07. The molecule has 1 aliphatic heterocycles. The quantitative estimate of drug-likeness (QED) is 0.665. The zero-order chi connectivity index (χ0) is 22.1. The van der Waals surface area contributed by atoms with Crippen molar-refractivity contribution in [1.82, 2.24) is 0 Å². The van der Waals surface area contributed by atoms with Gasteiger partial charge in [-0.2, -0.15) is 0 Å². The summed E-state index contributed by atoms with van der Waals surface area (Å²) in [5, 5.41) is 0. The van der Waals surface area contributed by atoms with Crippen molar-refractivity contribution in [1.29, 1.82) is 0 Å². The van der Waals surface area contributed by atoms with E-state index in [1.165, 1.54) is 49.4 Å². The number of benzene rings is 2. The third-order valence-corrected chi connectivity index (χ3v) is 7.64. The average Bonchev–Trinajstić information content (AvgIpc) is 2.94. The zero-order valence-corrected chi connectivity index (χ0v) is 17.9. The van der Waals surface area contributed by atoms with Crippen molar-refractivity contribution < 1.29 is 31.2 Å². The molecule has 1 saturated heterocycles. The van der Waals surface area contributed by atoms with Crippen LogP contribution in [0.4, 0.5) is 11.4 Å². The molecular formula is C19H20N2O7S2. The van der Waals surface area contributed by atoms with Crippen LogP contribution in [-0.4, -0.2) is 41.1 Å². The summed E-state index contributed by atoms with van der Waals surface area (Å²) in [6.07, 6.45) is -0.106. The lowest BCUT2D eigenvalue weighted by Crippen LogP contribution is -2.29. The second-order valence-corrected chi connectivity index (χ2v) is 10.2. The Morgan fingerprint density at radius 2 is 1.83 bits per heavy atom. The Balaban J connectivity index is 1.85. The fourth-order valence-corrected chi connectivity index (χ4v) is 5.77. The Morgan fingerprint density at radius 1 is 1.17 bits per heavy atom. The van der Waals surface area contributed by atoms with Crippen molar-refractivity contribution in [2.45, 2.75) is 25.2 Å². The first-order valence-corrected chi connectivity index (χ1v) is 12.1. The predicted octanol–water partition coefficient (Wildman–Crippen LogP) is 2.04. The highest BCUT2D eigenvalue weighted by Crippen LogP contribution is 2.29. The van der Waals surface area contributed by atoms with Crippen LogP contribution in [0, 0.1) is 6.92 Å². The fourth-order valence-electron chi connectivity index (χ4n) is 3.03. The molecule has 1 amide bonds. The number of hydrogen-bond acceptors (Lipinski definition) is 7. The minimum Gasteiger partial charge on any atom is -0.462 e. The van der Waals surface area contributed by atoms with E-state index in [-0.39, 0.29) is 46.2 Å². The van der Waals surface area contributed by atoms with E-state index in [0.29, 0.717) is 4.31 Å². The normalized spacial score (nSPS) is 15.8. The standard InChI is InChI=1S/C19H20N2O7S2/c1-3-28-19(23)14-4-6-15(7-5-14)20-30(26,27)17-9-8-16(12-13(17)2)21-18(22)10-11-29(21,24)25/h4-9,12,20H,3,10-11H2,1-2H3. The molecule has 0 aromatic heterocycles. The van der Waals surface area contributed by atoms with Gasteiger partial charge in [0.2, 0.25) is 15.9 Å². The van der Waals surface area contributed by atoms with Gasteiger partial charge in [0.05, 0.1) is 28.5 Å². The van der Waals surface area contributed by atoms with Gasteiger partial charge in [-0.05, 0) is 61.9 Å². The van der Waals surface area contributed by atoms with Crippen molar-refractivity contribution in [2.75, 3.05) is 21.4 Å². The lowest BCUT2D eigenvalue weighted by Gasteiger charge is -2.17. The van der Waals surface area contributed by atoms with E-state index in [1.54, 1.807) is 6.92 Å². The third kappa shape index (κ3) is 4.31. The van der Waals surface area contributed by atoms with Gasteiger partial charge in [-0.15, -0.1) is 0 Å². The number of nitrogens with zero attached hydrogens (tertiary/aromatic N) is 1. The topological polar surface area (TPSA) is 127 Å². The highest BCUT2D eigenvalue weighted by atomic mass is 32.2. The molecule has 160 valence electrons. The number of carbonyl (C=O) groups excluding carboxylic acids is 2. The first-order chi connectivity index (χ1) is 14.0. The minimum atomic E-state index is -3.99. The molecule has 1 aliphatic rings. The van der Waals surface area contributed by atoms with Crippen LogP contribution in [0.5, 0.6) is 0 Å². The van der Waals surface area contributed by atoms with Crippen molar-refractivity contribution in [3.05, 3.63) is 53.6 Å². The van der Waals surface area contributed by atoms with Crippen molar-refractivity contribution in [2.24, 2.45) is 0 Å². The molecule has 1 heterocycles. The molecule has 0 radical (unpaired) electrons. The number of carbonyl (C=O) groups is 2. The first kappa shape index (κ1) is 21.8. The molecule has 0 unspecified atom stereocenters. The summed E-state index contributed by atoms with van der Waals surface area (Å²) < 4.78 is 57.7. The Labute approximate surface area is 174 Å². The summed E-state index contributed by atoms with van der Waals surface area (Å²) in [5.41, 5.74) is 0.909. The molecule has 11 heteroatoms. The number of nitrogens with one attached hydrogen (secondary N) is 1. The number of sulfonamides is 2. The van der Waals surface area contributed by atoms with E-state index >= 15 is 0 Å². The van der Waals surface area contributed by atoms with Gasteiger partial charge in [-0.25, -0.2) is 25.9 Å². The maximum atomic E-state index is 12.8. The molecule has 2 aromatic carbocycles. The van der Waals surface area contributed by atoms with Gasteiger partial charge < -0.3 is 4.74 Å². The fraction of sp³-hybridized carbons (Fsp3) is 0.263. The van der Waals surface area contributed by atoms with Crippen LogP contribution < -0.4 is 9.03 Å². The molecule has 30 heavy (non-hydrogen) atoms. The van der Waals surface area contributed by atoms with Crippen LogP contribution >= 0.6 is 0 Å². The number of esters is 1.